The van der Waals surface area contributed by atoms with Gasteiger partial charge in [-0.1, -0.05) is 60.7 Å². The molecule has 0 spiro atoms. The quantitative estimate of drug-likeness (QED) is 0.132. The molecule has 94 heavy (non-hydrogen) atoms. The van der Waals surface area contributed by atoms with Gasteiger partial charge in [-0.15, -0.1) is 0 Å². The number of nitrogens with zero attached hydrogens (tertiary/aromatic N) is 11. The maximum atomic E-state index is 15.7. The Morgan fingerprint density at radius 2 is 0.585 bits per heavy atom. The van der Waals surface area contributed by atoms with E-state index < -0.39 is 34.6 Å². The van der Waals surface area contributed by atoms with Crippen molar-refractivity contribution in [3.63, 3.8) is 0 Å². The number of nitriles is 9. The maximum absolute atomic E-state index is 15.7. The monoisotopic (exact) mass is 1230 g/mol. The highest BCUT2D eigenvalue weighted by molar-refractivity contribution is 6.14. The first-order valence-corrected chi connectivity index (χ1v) is 28.4. The number of fused-ring (bicyclic) bond motifs is 6. The van der Waals surface area contributed by atoms with Gasteiger partial charge in [-0.3, -0.25) is 0 Å². The Labute approximate surface area is 530 Å². The fourth-order valence-electron chi connectivity index (χ4n) is 12.5. The van der Waals surface area contributed by atoms with Crippen molar-refractivity contribution in [3.05, 3.63) is 261 Å². The van der Waals surface area contributed by atoms with E-state index in [1.54, 1.807) is 124 Å². The van der Waals surface area contributed by atoms with E-state index in [2.05, 4.69) is 30.3 Å². The summed E-state index contributed by atoms with van der Waals surface area (Å²) >= 11 is 0. The van der Waals surface area contributed by atoms with Crippen LogP contribution in [0.2, 0.25) is 0 Å². The highest BCUT2D eigenvalue weighted by atomic mass is 19.4. The van der Waals surface area contributed by atoms with Crippen LogP contribution in [0.3, 0.4) is 0 Å². The Hall–Kier alpha value is -14.0. The van der Waals surface area contributed by atoms with E-state index in [4.69, 9.17) is 0 Å². The Balaban J connectivity index is 1.14. The van der Waals surface area contributed by atoms with Crippen LogP contribution in [0.5, 0.6) is 0 Å². The number of benzene rings is 11. The maximum Gasteiger partial charge on any atom is 0.417 e. The van der Waals surface area contributed by atoms with Crippen LogP contribution < -0.4 is 0 Å². The van der Waals surface area contributed by atoms with E-state index in [1.165, 1.54) is 54.6 Å². The van der Waals surface area contributed by atoms with Crippen LogP contribution in [-0.4, -0.2) is 9.13 Å². The summed E-state index contributed by atoms with van der Waals surface area (Å²) in [6, 6.07) is 69.1. The zero-order valence-electron chi connectivity index (χ0n) is 48.2. The lowest BCUT2D eigenvalue weighted by atomic mass is 9.86. The molecule has 2 aromatic heterocycles. The van der Waals surface area contributed by atoms with Gasteiger partial charge in [0.05, 0.1) is 144 Å². The molecule has 2 heterocycles. The van der Waals surface area contributed by atoms with Crippen LogP contribution in [0.15, 0.2) is 200 Å². The summed E-state index contributed by atoms with van der Waals surface area (Å²) in [4.78, 5) is 0. The third-order valence-corrected chi connectivity index (χ3v) is 16.7. The zero-order valence-corrected chi connectivity index (χ0v) is 48.2. The van der Waals surface area contributed by atoms with Gasteiger partial charge < -0.3 is 9.13 Å². The summed E-state index contributed by atoms with van der Waals surface area (Å²) in [7, 11) is 0. The number of alkyl halides is 6. The van der Waals surface area contributed by atoms with Crippen molar-refractivity contribution in [1.82, 2.24) is 9.13 Å². The van der Waals surface area contributed by atoms with Crippen molar-refractivity contribution in [2.45, 2.75) is 12.4 Å². The smallest absolute Gasteiger partial charge is 0.309 e. The molecule has 0 saturated heterocycles. The highest BCUT2D eigenvalue weighted by Gasteiger charge is 2.42. The third kappa shape index (κ3) is 9.92. The van der Waals surface area contributed by atoms with Gasteiger partial charge in [0.15, 0.2) is 0 Å². The molecule has 13 rings (SSSR count). The topological polar surface area (TPSA) is 224 Å². The summed E-state index contributed by atoms with van der Waals surface area (Å²) in [5.41, 5.74) is 2.85. The van der Waals surface area contributed by atoms with Crippen molar-refractivity contribution in [1.29, 1.82) is 47.4 Å². The minimum Gasteiger partial charge on any atom is -0.309 e. The fraction of sp³-hybridized carbons (Fsp3) is 0.0260. The van der Waals surface area contributed by atoms with Gasteiger partial charge in [-0.25, -0.2) is 0 Å². The van der Waals surface area contributed by atoms with Crippen molar-refractivity contribution < 1.29 is 26.3 Å². The van der Waals surface area contributed by atoms with E-state index in [-0.39, 0.29) is 72.6 Å². The Morgan fingerprint density at radius 1 is 0.266 bits per heavy atom. The molecule has 438 valence electrons. The fourth-order valence-corrected chi connectivity index (χ4v) is 12.5. The minimum absolute atomic E-state index is 0.00529. The number of hydrogen-bond donors (Lipinski definition) is 0. The molecule has 0 saturated carbocycles. The van der Waals surface area contributed by atoms with E-state index in [0.717, 1.165) is 0 Å². The number of halogens is 6. The van der Waals surface area contributed by atoms with Crippen LogP contribution in [0.4, 0.5) is 26.3 Å². The van der Waals surface area contributed by atoms with Gasteiger partial charge in [0.25, 0.3) is 0 Å². The van der Waals surface area contributed by atoms with Gasteiger partial charge in [0, 0.05) is 38.4 Å². The average Bonchev–Trinajstić information content (AvgIpc) is 1.52. The number of aromatic nitrogens is 2. The summed E-state index contributed by atoms with van der Waals surface area (Å²) in [5.74, 6) is 0. The molecule has 0 fully saturated rings. The zero-order chi connectivity index (χ0) is 65.9. The lowest BCUT2D eigenvalue weighted by Gasteiger charge is -2.23. The van der Waals surface area contributed by atoms with E-state index >= 15 is 26.3 Å². The number of rotatable bonds is 8. The summed E-state index contributed by atoms with van der Waals surface area (Å²) in [6.45, 7) is 0. The van der Waals surface area contributed by atoms with E-state index in [9.17, 15) is 47.4 Å². The largest absolute Gasteiger partial charge is 0.417 e. The molecule has 0 atom stereocenters. The van der Waals surface area contributed by atoms with Crippen molar-refractivity contribution in [2.75, 3.05) is 0 Å². The standard InChI is InChI=1S/C77H33F6N11/c78-76(79,80)68-2-1-3-69(77(81,82)83)75(68)61-18-13-56(93-70-20-9-48(57-14-4-43(34-84)24-52(57)39-89)29-64(70)65-30-49(10-21-71(65)93)58-15-5-44(35-85)25-53(58)40-90)33-62(61)63-28-47(38-88)8-19-72(63)94-73-22-11-50(59-16-6-45(36-86)26-54(59)41-91)31-66(73)67-32-51(12-23-74(67)94)60-17-7-46(37-87)27-55(60)42-92/h1-33H. The normalized spacial score (nSPS) is 11.2. The first kappa shape index (κ1) is 59.0. The van der Waals surface area contributed by atoms with Crippen molar-refractivity contribution in [3.8, 4) is 133 Å². The lowest BCUT2D eigenvalue weighted by Crippen LogP contribution is -2.14. The molecule has 0 aliphatic rings. The van der Waals surface area contributed by atoms with Gasteiger partial charge in [0.2, 0.25) is 0 Å². The molecular formula is C77H33F6N11. The number of hydrogen-bond acceptors (Lipinski definition) is 9. The molecule has 11 nitrogen and oxygen atoms in total. The van der Waals surface area contributed by atoms with Crippen molar-refractivity contribution >= 4 is 43.6 Å². The summed E-state index contributed by atoms with van der Waals surface area (Å²) in [5, 5.41) is 93.2. The Kier molecular flexibility index (Phi) is 14.4. The van der Waals surface area contributed by atoms with Gasteiger partial charge in [-0.2, -0.15) is 73.7 Å². The Morgan fingerprint density at radius 3 is 0.915 bits per heavy atom. The molecule has 11 aromatic carbocycles. The first-order chi connectivity index (χ1) is 45.4. The van der Waals surface area contributed by atoms with Crippen LogP contribution in [-0.2, 0) is 12.4 Å². The molecule has 0 bridgehead atoms. The predicted octanol–water partition coefficient (Wildman–Crippen LogP) is 18.8. The molecule has 0 N–H and O–H groups in total. The van der Waals surface area contributed by atoms with Crippen molar-refractivity contribution in [2.24, 2.45) is 0 Å². The third-order valence-electron chi connectivity index (χ3n) is 16.7. The van der Waals surface area contributed by atoms with Crippen LogP contribution in [0, 0.1) is 102 Å². The molecule has 13 aromatic rings. The molecule has 0 aliphatic carbocycles. The van der Waals surface area contributed by atoms with E-state index in [0.29, 0.717) is 106 Å². The van der Waals surface area contributed by atoms with Crippen LogP contribution in [0.1, 0.15) is 61.2 Å². The first-order valence-electron chi connectivity index (χ1n) is 28.4. The minimum atomic E-state index is -5.35. The molecule has 0 amide bonds. The van der Waals surface area contributed by atoms with Gasteiger partial charge >= 0.3 is 12.4 Å². The Bertz CT molecular complexity index is 5620. The average molecular weight is 1230 g/mol. The molecule has 0 aliphatic heterocycles. The predicted molar refractivity (Wildman–Crippen MR) is 340 cm³/mol. The van der Waals surface area contributed by atoms with Crippen LogP contribution in [0.25, 0.3) is 122 Å². The SMILES string of the molecule is N#Cc1ccc(-c2ccc3c(c2)c2cc(-c4ccc(C#N)cc4C#N)ccc2n3-c2ccc(-c3c(C(F)(F)F)cccc3C(F)(F)F)c(-c3cc(C#N)ccc3-n3c4ccc(-c5ccc(C#N)cc5C#N)cc4c4cc(-c5ccc(C#N)cc5C#N)ccc43)c2)c(C#N)c1. The second-order valence-corrected chi connectivity index (χ2v) is 21.8. The summed E-state index contributed by atoms with van der Waals surface area (Å²) in [6.07, 6.45) is -10.7. The second kappa shape index (κ2) is 22.9. The second-order valence-electron chi connectivity index (χ2n) is 21.8. The van der Waals surface area contributed by atoms with E-state index in [1.807, 2.05) is 36.4 Å². The van der Waals surface area contributed by atoms with Crippen LogP contribution >= 0.6 is 0 Å². The molecular weight excluding hydrogens is 1190 g/mol. The lowest BCUT2D eigenvalue weighted by molar-refractivity contribution is -0.142. The highest BCUT2D eigenvalue weighted by Crippen LogP contribution is 2.50. The van der Waals surface area contributed by atoms with Gasteiger partial charge in [-0.05, 0) is 195 Å². The molecule has 17 heteroatoms. The van der Waals surface area contributed by atoms with Gasteiger partial charge in [0.1, 0.15) is 0 Å². The summed E-state index contributed by atoms with van der Waals surface area (Å²) < 4.78 is 97.6. The molecule has 0 radical (unpaired) electrons. The molecule has 0 unspecified atom stereocenters.